The molecule has 1 atom stereocenters. The highest BCUT2D eigenvalue weighted by Gasteiger charge is 2.33. The fourth-order valence-corrected chi connectivity index (χ4v) is 0.736. The van der Waals surface area contributed by atoms with Crippen molar-refractivity contribution in [2.24, 2.45) is 0 Å². The Labute approximate surface area is 81.1 Å². The Hall–Kier alpha value is -1.43. The second kappa shape index (κ2) is 6.09. The molecule has 6 nitrogen and oxygen atoms in total. The van der Waals surface area contributed by atoms with Gasteiger partial charge in [-0.1, -0.05) is 0 Å². The Balaban J connectivity index is 4.47. The van der Waals surface area contributed by atoms with Crippen molar-refractivity contribution in [3.63, 3.8) is 0 Å². The second-order valence-corrected chi connectivity index (χ2v) is 2.22. The lowest BCUT2D eigenvalue weighted by Crippen LogP contribution is -2.38. The summed E-state index contributed by atoms with van der Waals surface area (Å²) in [6.45, 7) is 1.68. The molecule has 0 N–H and O–H groups in total. The van der Waals surface area contributed by atoms with Gasteiger partial charge in [0.25, 0.3) is 5.78 Å². The van der Waals surface area contributed by atoms with Crippen LogP contribution in [0.4, 0.5) is 0 Å². The van der Waals surface area contributed by atoms with E-state index in [-0.39, 0.29) is 6.61 Å². The van der Waals surface area contributed by atoms with Crippen LogP contribution in [-0.4, -0.2) is 44.7 Å². The summed E-state index contributed by atoms with van der Waals surface area (Å²) in [6, 6.07) is 0. The molecule has 0 saturated heterocycles. The third-order valence-corrected chi connectivity index (χ3v) is 1.36. The van der Waals surface area contributed by atoms with Crippen LogP contribution in [0.15, 0.2) is 0 Å². The smallest absolute Gasteiger partial charge is 0.377 e. The summed E-state index contributed by atoms with van der Waals surface area (Å²) >= 11 is 0. The van der Waals surface area contributed by atoms with E-state index in [1.54, 1.807) is 6.92 Å². The van der Waals surface area contributed by atoms with E-state index in [0.717, 1.165) is 14.2 Å². The largest absolute Gasteiger partial charge is 0.464 e. The number of esters is 2. The maximum Gasteiger partial charge on any atom is 0.377 e. The van der Waals surface area contributed by atoms with E-state index in [1.807, 2.05) is 0 Å². The van der Waals surface area contributed by atoms with Gasteiger partial charge >= 0.3 is 11.9 Å². The van der Waals surface area contributed by atoms with Crippen LogP contribution in [0.1, 0.15) is 6.92 Å². The first-order valence-electron chi connectivity index (χ1n) is 3.90. The van der Waals surface area contributed by atoms with Crippen molar-refractivity contribution < 1.29 is 28.6 Å². The molecule has 0 bridgehead atoms. The highest BCUT2D eigenvalue weighted by Crippen LogP contribution is 1.98. The lowest BCUT2D eigenvalue weighted by Gasteiger charge is -2.10. The second-order valence-electron chi connectivity index (χ2n) is 2.22. The standard InChI is InChI=1S/C8H12O6/c1-4-14-8(11)6(12-2)5(9)7(10)13-3/h6H,4H2,1-3H3. The van der Waals surface area contributed by atoms with Crippen LogP contribution in [0.25, 0.3) is 0 Å². The Morgan fingerprint density at radius 2 is 1.79 bits per heavy atom. The third kappa shape index (κ3) is 3.14. The average molecular weight is 204 g/mol. The highest BCUT2D eigenvalue weighted by atomic mass is 16.6. The Bertz CT molecular complexity index is 234. The van der Waals surface area contributed by atoms with Crippen LogP contribution in [0.5, 0.6) is 0 Å². The fourth-order valence-electron chi connectivity index (χ4n) is 0.736. The molecule has 0 amide bonds. The van der Waals surface area contributed by atoms with Gasteiger partial charge in [0.1, 0.15) is 0 Å². The molecule has 6 heteroatoms. The molecule has 0 aliphatic rings. The number of methoxy groups -OCH3 is 2. The number of ketones is 1. The molecule has 0 spiro atoms. The first-order chi connectivity index (χ1) is 6.58. The van der Waals surface area contributed by atoms with Crippen molar-refractivity contribution in [3.05, 3.63) is 0 Å². The van der Waals surface area contributed by atoms with Crippen LogP contribution in [0.2, 0.25) is 0 Å². The lowest BCUT2D eigenvalue weighted by molar-refractivity contribution is -0.167. The molecule has 0 radical (unpaired) electrons. The molecule has 0 aromatic heterocycles. The van der Waals surface area contributed by atoms with Gasteiger partial charge in [-0.05, 0) is 6.92 Å². The zero-order valence-electron chi connectivity index (χ0n) is 8.23. The van der Waals surface area contributed by atoms with Gasteiger partial charge in [0.2, 0.25) is 6.10 Å². The van der Waals surface area contributed by atoms with E-state index in [1.165, 1.54) is 0 Å². The average Bonchev–Trinajstić information content (AvgIpc) is 2.18. The number of rotatable bonds is 5. The van der Waals surface area contributed by atoms with Crippen LogP contribution in [0.3, 0.4) is 0 Å². The minimum Gasteiger partial charge on any atom is -0.464 e. The number of carbonyl (C=O) groups is 3. The van der Waals surface area contributed by atoms with Gasteiger partial charge in [0, 0.05) is 7.11 Å². The molecule has 14 heavy (non-hydrogen) atoms. The lowest BCUT2D eigenvalue weighted by atomic mass is 10.2. The first kappa shape index (κ1) is 12.6. The van der Waals surface area contributed by atoms with Gasteiger partial charge in [0.05, 0.1) is 13.7 Å². The highest BCUT2D eigenvalue weighted by molar-refractivity contribution is 6.39. The molecule has 0 rings (SSSR count). The number of Topliss-reactive ketones (excluding diaryl/α,β-unsaturated/α-hetero) is 1. The summed E-state index contributed by atoms with van der Waals surface area (Å²) in [6.07, 6.45) is -1.54. The number of ether oxygens (including phenoxy) is 3. The Kier molecular flexibility index (Phi) is 5.47. The van der Waals surface area contributed by atoms with Gasteiger partial charge in [-0.3, -0.25) is 4.79 Å². The monoisotopic (exact) mass is 204 g/mol. The maximum absolute atomic E-state index is 11.1. The Morgan fingerprint density at radius 1 is 1.21 bits per heavy atom. The zero-order chi connectivity index (χ0) is 11.1. The van der Waals surface area contributed by atoms with Gasteiger partial charge in [-0.2, -0.15) is 0 Å². The van der Waals surface area contributed by atoms with E-state index in [4.69, 9.17) is 0 Å². The SMILES string of the molecule is CCOC(=O)C(OC)C(=O)C(=O)OC. The molecular weight excluding hydrogens is 192 g/mol. The molecule has 0 aromatic rings. The number of carbonyl (C=O) groups excluding carboxylic acids is 3. The summed E-state index contributed by atoms with van der Waals surface area (Å²) in [5, 5.41) is 0. The molecule has 0 aromatic carbocycles. The van der Waals surface area contributed by atoms with E-state index in [9.17, 15) is 14.4 Å². The van der Waals surface area contributed by atoms with Gasteiger partial charge < -0.3 is 14.2 Å². The molecule has 0 saturated carbocycles. The fraction of sp³-hybridized carbons (Fsp3) is 0.625. The van der Waals surface area contributed by atoms with Crippen LogP contribution >= 0.6 is 0 Å². The summed E-state index contributed by atoms with van der Waals surface area (Å²) in [5.41, 5.74) is 0. The Morgan fingerprint density at radius 3 is 2.14 bits per heavy atom. The third-order valence-electron chi connectivity index (χ3n) is 1.36. The van der Waals surface area contributed by atoms with Crippen molar-refractivity contribution in [2.75, 3.05) is 20.8 Å². The van der Waals surface area contributed by atoms with Crippen LogP contribution in [0, 0.1) is 0 Å². The topological polar surface area (TPSA) is 78.9 Å². The van der Waals surface area contributed by atoms with E-state index >= 15 is 0 Å². The van der Waals surface area contributed by atoms with Crippen molar-refractivity contribution >= 4 is 17.7 Å². The minimum absolute atomic E-state index is 0.104. The maximum atomic E-state index is 11.1. The summed E-state index contributed by atoms with van der Waals surface area (Å²) in [7, 11) is 2.17. The van der Waals surface area contributed by atoms with Gasteiger partial charge in [-0.25, -0.2) is 9.59 Å². The van der Waals surface area contributed by atoms with Crippen molar-refractivity contribution in [2.45, 2.75) is 13.0 Å². The normalized spacial score (nSPS) is 11.6. The molecule has 0 aliphatic heterocycles. The minimum atomic E-state index is -1.54. The zero-order valence-corrected chi connectivity index (χ0v) is 8.23. The molecular formula is C8H12O6. The molecule has 0 heterocycles. The molecule has 1 unspecified atom stereocenters. The van der Waals surface area contributed by atoms with E-state index < -0.39 is 23.8 Å². The summed E-state index contributed by atoms with van der Waals surface area (Å²) < 4.78 is 13.2. The summed E-state index contributed by atoms with van der Waals surface area (Å²) in [4.78, 5) is 32.9. The van der Waals surface area contributed by atoms with Gasteiger partial charge in [-0.15, -0.1) is 0 Å². The van der Waals surface area contributed by atoms with Crippen molar-refractivity contribution in [3.8, 4) is 0 Å². The van der Waals surface area contributed by atoms with Crippen LogP contribution in [-0.2, 0) is 28.6 Å². The quantitative estimate of drug-likeness (QED) is 0.335. The van der Waals surface area contributed by atoms with Crippen LogP contribution < -0.4 is 0 Å². The van der Waals surface area contributed by atoms with Crippen molar-refractivity contribution in [1.82, 2.24) is 0 Å². The molecule has 0 aliphatic carbocycles. The molecule has 80 valence electrons. The number of hydrogen-bond acceptors (Lipinski definition) is 6. The predicted octanol–water partition coefficient (Wildman–Crippen LogP) is -0.693. The van der Waals surface area contributed by atoms with Gasteiger partial charge in [0.15, 0.2) is 0 Å². The van der Waals surface area contributed by atoms with E-state index in [2.05, 4.69) is 14.2 Å². The predicted molar refractivity (Wildman–Crippen MR) is 44.5 cm³/mol. The summed E-state index contributed by atoms with van der Waals surface area (Å²) in [5.74, 6) is -3.11. The van der Waals surface area contributed by atoms with E-state index in [0.29, 0.717) is 0 Å². The number of hydrogen-bond donors (Lipinski definition) is 0. The van der Waals surface area contributed by atoms with Crippen molar-refractivity contribution in [1.29, 1.82) is 0 Å². The molecule has 0 fully saturated rings. The first-order valence-corrected chi connectivity index (χ1v) is 3.90.